The highest BCUT2D eigenvalue weighted by Crippen LogP contribution is 2.32. The number of cyclic esters (lactones) is 2. The summed E-state index contributed by atoms with van der Waals surface area (Å²) in [5.74, 6) is -2.82. The van der Waals surface area contributed by atoms with Gasteiger partial charge in [0.15, 0.2) is 6.10 Å². The highest BCUT2D eigenvalue weighted by molar-refractivity contribution is 6.32. The molecule has 10 nitrogen and oxygen atoms in total. The van der Waals surface area contributed by atoms with Gasteiger partial charge in [0, 0.05) is 24.8 Å². The van der Waals surface area contributed by atoms with Gasteiger partial charge in [0.25, 0.3) is 0 Å². The van der Waals surface area contributed by atoms with E-state index in [1.54, 1.807) is 56.3 Å². The molecule has 2 aromatic rings. The standard InChI is InChI=1S/C35H44Cl2N2O8/c1-20(2)16-29-35(44)47-27(22(4)33(42)32(37)24-10-7-6-8-11-24)12-9-13-30(40)39-26(34(43)38-21(3)17-31(41)46-29)19-23-14-15-28(45-5)25(36)18-23/h6-11,13-15,18,20-22,26-27,29,32-33,42H,12,16-17,19H2,1-5H3,(H,38,43)(H,39,40)/t21-,22+,26-,27+,29+,32-,33+/m1/s1. The first-order valence-electron chi connectivity index (χ1n) is 15.7. The number of aliphatic hydroxyl groups is 1. The van der Waals surface area contributed by atoms with Gasteiger partial charge in [-0.2, -0.15) is 0 Å². The topological polar surface area (TPSA) is 140 Å². The Hall–Kier alpha value is -3.60. The Labute approximate surface area is 286 Å². The summed E-state index contributed by atoms with van der Waals surface area (Å²) in [6, 6.07) is 12.4. The Morgan fingerprint density at radius 2 is 1.72 bits per heavy atom. The van der Waals surface area contributed by atoms with Crippen LogP contribution < -0.4 is 15.4 Å². The summed E-state index contributed by atoms with van der Waals surface area (Å²) in [7, 11) is 1.49. The van der Waals surface area contributed by atoms with Gasteiger partial charge in [-0.25, -0.2) is 4.79 Å². The molecule has 0 saturated carbocycles. The molecule has 0 saturated heterocycles. The molecule has 0 fully saturated rings. The number of nitrogens with one attached hydrogen (secondary N) is 2. The second kappa shape index (κ2) is 18.1. The van der Waals surface area contributed by atoms with Crippen LogP contribution in [-0.2, 0) is 35.1 Å². The molecular weight excluding hydrogens is 647 g/mol. The Morgan fingerprint density at radius 1 is 1.02 bits per heavy atom. The number of halogens is 2. The molecule has 1 heterocycles. The fourth-order valence-corrected chi connectivity index (χ4v) is 5.85. The second-order valence-corrected chi connectivity index (χ2v) is 13.1. The SMILES string of the molecule is COc1ccc(C[C@H]2NC(=O)C=CC[C@@H]([C@H](C)[C@H](O)[C@H](Cl)c3ccccc3)OC(=O)[C@H](CC(C)C)OC(=O)C[C@@H](C)NC2=O)cc1Cl. The molecule has 7 atom stereocenters. The van der Waals surface area contributed by atoms with Crippen LogP contribution in [0.5, 0.6) is 5.75 Å². The summed E-state index contributed by atoms with van der Waals surface area (Å²) in [5.41, 5.74) is 1.35. The number of esters is 2. The zero-order valence-corrected chi connectivity index (χ0v) is 28.8. The van der Waals surface area contributed by atoms with Crippen molar-refractivity contribution in [3.63, 3.8) is 0 Å². The van der Waals surface area contributed by atoms with Crippen molar-refractivity contribution < 1.29 is 38.5 Å². The molecule has 1 aliphatic heterocycles. The van der Waals surface area contributed by atoms with Gasteiger partial charge in [-0.3, -0.25) is 14.4 Å². The summed E-state index contributed by atoms with van der Waals surface area (Å²) in [5, 5.41) is 16.2. The van der Waals surface area contributed by atoms with Gasteiger partial charge < -0.3 is 30.0 Å². The number of aliphatic hydroxyl groups excluding tert-OH is 1. The minimum Gasteiger partial charge on any atom is -0.495 e. The zero-order valence-electron chi connectivity index (χ0n) is 27.3. The van der Waals surface area contributed by atoms with Crippen LogP contribution in [0.25, 0.3) is 0 Å². The summed E-state index contributed by atoms with van der Waals surface area (Å²) >= 11 is 12.9. The molecule has 0 spiro atoms. The predicted molar refractivity (Wildman–Crippen MR) is 179 cm³/mol. The first kappa shape index (κ1) is 37.9. The number of methoxy groups -OCH3 is 1. The minimum atomic E-state index is -1.22. The molecule has 0 radical (unpaired) electrons. The fourth-order valence-electron chi connectivity index (χ4n) is 5.20. The van der Waals surface area contributed by atoms with Crippen LogP contribution in [0.4, 0.5) is 0 Å². The predicted octanol–water partition coefficient (Wildman–Crippen LogP) is 5.08. The van der Waals surface area contributed by atoms with E-state index in [0.717, 1.165) is 0 Å². The first-order chi connectivity index (χ1) is 22.3. The van der Waals surface area contributed by atoms with Crippen molar-refractivity contribution in [1.82, 2.24) is 10.6 Å². The van der Waals surface area contributed by atoms with Gasteiger partial charge in [0.1, 0.15) is 17.9 Å². The van der Waals surface area contributed by atoms with E-state index >= 15 is 0 Å². The quantitative estimate of drug-likeness (QED) is 0.245. The third kappa shape index (κ3) is 11.6. The molecule has 0 aliphatic carbocycles. The number of hydrogen-bond acceptors (Lipinski definition) is 8. The van der Waals surface area contributed by atoms with Crippen LogP contribution in [0.2, 0.25) is 5.02 Å². The number of benzene rings is 2. The summed E-state index contributed by atoms with van der Waals surface area (Å²) < 4.78 is 16.7. The maximum Gasteiger partial charge on any atom is 0.347 e. The lowest BCUT2D eigenvalue weighted by Gasteiger charge is -2.31. The van der Waals surface area contributed by atoms with Crippen molar-refractivity contribution in [2.24, 2.45) is 11.8 Å². The van der Waals surface area contributed by atoms with E-state index in [1.807, 2.05) is 19.9 Å². The first-order valence-corrected chi connectivity index (χ1v) is 16.5. The number of hydrogen-bond donors (Lipinski definition) is 3. The molecule has 2 aromatic carbocycles. The van der Waals surface area contributed by atoms with E-state index < -0.39 is 65.4 Å². The average molecular weight is 692 g/mol. The largest absolute Gasteiger partial charge is 0.495 e. The van der Waals surface area contributed by atoms with Crippen LogP contribution >= 0.6 is 23.2 Å². The maximum absolute atomic E-state index is 13.4. The molecule has 256 valence electrons. The number of carbonyl (C=O) groups is 4. The second-order valence-electron chi connectivity index (χ2n) is 12.2. The van der Waals surface area contributed by atoms with E-state index in [9.17, 15) is 24.3 Å². The number of alkyl halides is 1. The van der Waals surface area contributed by atoms with Crippen molar-refractivity contribution in [3.8, 4) is 5.75 Å². The Balaban J connectivity index is 1.92. The third-order valence-corrected chi connectivity index (χ3v) is 8.63. The summed E-state index contributed by atoms with van der Waals surface area (Å²) in [4.78, 5) is 52.9. The number of carbonyl (C=O) groups excluding carboxylic acids is 4. The molecule has 47 heavy (non-hydrogen) atoms. The lowest BCUT2D eigenvalue weighted by molar-refractivity contribution is -0.176. The molecule has 0 unspecified atom stereocenters. The maximum atomic E-state index is 13.4. The van der Waals surface area contributed by atoms with E-state index in [1.165, 1.54) is 19.3 Å². The molecule has 3 rings (SSSR count). The number of rotatable bonds is 9. The Bertz CT molecular complexity index is 1400. The van der Waals surface area contributed by atoms with Gasteiger partial charge in [-0.1, -0.05) is 74.8 Å². The van der Waals surface area contributed by atoms with Crippen molar-refractivity contribution in [1.29, 1.82) is 0 Å². The number of amides is 2. The fraction of sp³-hybridized carbons (Fsp3) is 0.486. The monoisotopic (exact) mass is 690 g/mol. The van der Waals surface area contributed by atoms with Crippen LogP contribution in [0.3, 0.4) is 0 Å². The minimum absolute atomic E-state index is 0.0225. The van der Waals surface area contributed by atoms with E-state index in [-0.39, 0.29) is 31.6 Å². The van der Waals surface area contributed by atoms with Gasteiger partial charge in [0.05, 0.1) is 30.0 Å². The molecule has 0 bridgehead atoms. The van der Waals surface area contributed by atoms with Crippen LogP contribution in [0.1, 0.15) is 63.5 Å². The normalized spacial score (nSPS) is 23.6. The highest BCUT2D eigenvalue weighted by Gasteiger charge is 2.35. The summed E-state index contributed by atoms with van der Waals surface area (Å²) in [6.45, 7) is 7.07. The van der Waals surface area contributed by atoms with Crippen molar-refractivity contribution >= 4 is 47.0 Å². The van der Waals surface area contributed by atoms with Crippen LogP contribution in [0.15, 0.2) is 60.7 Å². The van der Waals surface area contributed by atoms with Gasteiger partial charge in [0.2, 0.25) is 11.8 Å². The summed E-state index contributed by atoms with van der Waals surface area (Å²) in [6.07, 6.45) is -0.451. The lowest BCUT2D eigenvalue weighted by atomic mass is 9.90. The number of ether oxygens (including phenoxy) is 3. The highest BCUT2D eigenvalue weighted by atomic mass is 35.5. The van der Waals surface area contributed by atoms with Crippen molar-refractivity contribution in [3.05, 3.63) is 76.8 Å². The zero-order chi connectivity index (χ0) is 34.7. The van der Waals surface area contributed by atoms with Crippen molar-refractivity contribution in [2.45, 2.75) is 89.2 Å². The molecule has 3 N–H and O–H groups in total. The van der Waals surface area contributed by atoms with Crippen LogP contribution in [0, 0.1) is 11.8 Å². The van der Waals surface area contributed by atoms with Crippen LogP contribution in [-0.4, -0.2) is 66.4 Å². The molecule has 12 heteroatoms. The van der Waals surface area contributed by atoms with E-state index in [0.29, 0.717) is 21.9 Å². The van der Waals surface area contributed by atoms with Gasteiger partial charge in [-0.15, -0.1) is 11.6 Å². The van der Waals surface area contributed by atoms with Crippen molar-refractivity contribution in [2.75, 3.05) is 7.11 Å². The van der Waals surface area contributed by atoms with Gasteiger partial charge in [-0.05, 0) is 48.6 Å². The molecule has 2 amide bonds. The average Bonchev–Trinajstić information content (AvgIpc) is 3.02. The van der Waals surface area contributed by atoms with E-state index in [2.05, 4.69) is 10.6 Å². The smallest absolute Gasteiger partial charge is 0.347 e. The lowest BCUT2D eigenvalue weighted by Crippen LogP contribution is -2.50. The third-order valence-electron chi connectivity index (χ3n) is 7.82. The van der Waals surface area contributed by atoms with E-state index in [4.69, 9.17) is 37.4 Å². The van der Waals surface area contributed by atoms with Gasteiger partial charge >= 0.3 is 11.9 Å². The Kier molecular flexibility index (Phi) is 14.6. The molecule has 0 aromatic heterocycles. The molecular formula is C35H44Cl2N2O8. The Morgan fingerprint density at radius 3 is 2.36 bits per heavy atom. The molecule has 1 aliphatic rings.